The van der Waals surface area contributed by atoms with Gasteiger partial charge in [-0.3, -0.25) is 4.72 Å². The minimum atomic E-state index is -3.33. The summed E-state index contributed by atoms with van der Waals surface area (Å²) in [6.07, 6.45) is 3.39. The summed E-state index contributed by atoms with van der Waals surface area (Å²) in [5.41, 5.74) is 2.81. The Labute approximate surface area is 197 Å². The number of rotatable bonds is 7. The molecule has 2 aromatic rings. The van der Waals surface area contributed by atoms with Crippen LogP contribution in [0.5, 0.6) is 0 Å². The highest BCUT2D eigenvalue weighted by molar-refractivity contribution is 14.0. The lowest BCUT2D eigenvalue weighted by Gasteiger charge is -2.22. The van der Waals surface area contributed by atoms with Crippen LogP contribution in [0.2, 0.25) is 0 Å². The number of halogens is 1. The highest BCUT2D eigenvalue weighted by Gasteiger charge is 2.25. The summed E-state index contributed by atoms with van der Waals surface area (Å²) < 4.78 is 25.8. The van der Waals surface area contributed by atoms with Crippen LogP contribution in [0.3, 0.4) is 0 Å². The summed E-state index contributed by atoms with van der Waals surface area (Å²) in [6.45, 7) is 5.23. The second kappa shape index (κ2) is 11.5. The first-order valence-corrected chi connectivity index (χ1v) is 12.0. The van der Waals surface area contributed by atoms with Gasteiger partial charge in [-0.1, -0.05) is 48.5 Å². The van der Waals surface area contributed by atoms with Crippen LogP contribution in [0.25, 0.3) is 0 Å². The van der Waals surface area contributed by atoms with Crippen molar-refractivity contribution in [2.45, 2.75) is 26.3 Å². The normalized spacial score (nSPS) is 16.8. The molecular formula is C22H31IN4O2S. The van der Waals surface area contributed by atoms with Gasteiger partial charge in [0.2, 0.25) is 10.0 Å². The van der Waals surface area contributed by atoms with Crippen molar-refractivity contribution >= 4 is 45.6 Å². The number of aliphatic imine (C=N–C) groups is 1. The van der Waals surface area contributed by atoms with E-state index in [1.807, 2.05) is 18.2 Å². The molecule has 0 radical (unpaired) electrons. The Morgan fingerprint density at radius 1 is 1.13 bits per heavy atom. The van der Waals surface area contributed by atoms with Crippen molar-refractivity contribution in [3.63, 3.8) is 0 Å². The first kappa shape index (κ1) is 24.5. The van der Waals surface area contributed by atoms with E-state index in [4.69, 9.17) is 4.99 Å². The van der Waals surface area contributed by atoms with Gasteiger partial charge in [0.15, 0.2) is 5.96 Å². The SMILES string of the molecule is CCNC(=NCc1ccccc1NS(C)(=O)=O)N1CCC(Cc2ccccc2)C1.I. The number of nitrogens with one attached hydrogen (secondary N) is 2. The van der Waals surface area contributed by atoms with Crippen LogP contribution in [0.1, 0.15) is 24.5 Å². The molecule has 1 heterocycles. The fourth-order valence-corrected chi connectivity index (χ4v) is 4.28. The summed E-state index contributed by atoms with van der Waals surface area (Å²) >= 11 is 0. The zero-order chi connectivity index (χ0) is 20.7. The molecule has 8 heteroatoms. The van der Waals surface area contributed by atoms with Gasteiger partial charge in [0.05, 0.1) is 18.5 Å². The largest absolute Gasteiger partial charge is 0.357 e. The van der Waals surface area contributed by atoms with E-state index in [9.17, 15) is 8.42 Å². The number of para-hydroxylation sites is 1. The van der Waals surface area contributed by atoms with Gasteiger partial charge in [-0.25, -0.2) is 13.4 Å². The molecule has 0 aromatic heterocycles. The molecule has 0 saturated carbocycles. The van der Waals surface area contributed by atoms with Gasteiger partial charge >= 0.3 is 0 Å². The average molecular weight is 542 g/mol. The molecule has 30 heavy (non-hydrogen) atoms. The molecule has 1 aliphatic rings. The second-order valence-electron chi connectivity index (χ2n) is 7.49. The summed E-state index contributed by atoms with van der Waals surface area (Å²) in [6, 6.07) is 18.0. The number of guanidine groups is 1. The van der Waals surface area contributed by atoms with Crippen LogP contribution in [-0.2, 0) is 23.0 Å². The predicted octanol–water partition coefficient (Wildman–Crippen LogP) is 3.71. The average Bonchev–Trinajstić information content (AvgIpc) is 3.14. The molecule has 0 aliphatic carbocycles. The van der Waals surface area contributed by atoms with E-state index in [1.54, 1.807) is 6.07 Å². The van der Waals surface area contributed by atoms with Crippen molar-refractivity contribution in [2.24, 2.45) is 10.9 Å². The Balaban J connectivity index is 0.00000320. The van der Waals surface area contributed by atoms with Crippen LogP contribution in [0.4, 0.5) is 5.69 Å². The molecule has 1 fully saturated rings. The number of likely N-dealkylation sites (tertiary alicyclic amines) is 1. The number of hydrogen-bond donors (Lipinski definition) is 2. The highest BCUT2D eigenvalue weighted by Crippen LogP contribution is 2.22. The van der Waals surface area contributed by atoms with E-state index in [0.717, 1.165) is 50.3 Å². The Bertz CT molecular complexity index is 935. The number of nitrogens with zero attached hydrogens (tertiary/aromatic N) is 2. The molecule has 1 atom stereocenters. The maximum atomic E-state index is 11.6. The summed E-state index contributed by atoms with van der Waals surface area (Å²) in [4.78, 5) is 7.10. The Kier molecular flexibility index (Phi) is 9.41. The quantitative estimate of drug-likeness (QED) is 0.318. The number of hydrogen-bond acceptors (Lipinski definition) is 3. The van der Waals surface area contributed by atoms with Gasteiger partial charge in [0.25, 0.3) is 0 Å². The van der Waals surface area contributed by atoms with Gasteiger partial charge in [-0.15, -0.1) is 24.0 Å². The molecule has 1 saturated heterocycles. The molecule has 0 bridgehead atoms. The van der Waals surface area contributed by atoms with Crippen molar-refractivity contribution in [3.05, 3.63) is 65.7 Å². The van der Waals surface area contributed by atoms with Crippen molar-refractivity contribution in [1.29, 1.82) is 0 Å². The van der Waals surface area contributed by atoms with E-state index < -0.39 is 10.0 Å². The van der Waals surface area contributed by atoms with E-state index in [-0.39, 0.29) is 24.0 Å². The van der Waals surface area contributed by atoms with Gasteiger partial charge in [-0.2, -0.15) is 0 Å². The van der Waals surface area contributed by atoms with Crippen molar-refractivity contribution in [2.75, 3.05) is 30.6 Å². The van der Waals surface area contributed by atoms with Crippen LogP contribution in [0.15, 0.2) is 59.6 Å². The van der Waals surface area contributed by atoms with E-state index in [1.165, 1.54) is 5.56 Å². The predicted molar refractivity (Wildman–Crippen MR) is 135 cm³/mol. The van der Waals surface area contributed by atoms with E-state index in [0.29, 0.717) is 18.2 Å². The monoisotopic (exact) mass is 542 g/mol. The number of benzene rings is 2. The minimum Gasteiger partial charge on any atom is -0.357 e. The maximum Gasteiger partial charge on any atom is 0.229 e. The molecule has 0 spiro atoms. The molecule has 2 aromatic carbocycles. The molecule has 1 aliphatic heterocycles. The highest BCUT2D eigenvalue weighted by atomic mass is 127. The van der Waals surface area contributed by atoms with Gasteiger partial charge in [0.1, 0.15) is 0 Å². The Hall–Kier alpha value is -1.81. The molecule has 2 N–H and O–H groups in total. The van der Waals surface area contributed by atoms with Crippen molar-refractivity contribution < 1.29 is 8.42 Å². The minimum absolute atomic E-state index is 0. The smallest absolute Gasteiger partial charge is 0.229 e. The second-order valence-corrected chi connectivity index (χ2v) is 9.24. The molecule has 164 valence electrons. The third-order valence-corrected chi connectivity index (χ3v) is 5.59. The molecule has 6 nitrogen and oxygen atoms in total. The Morgan fingerprint density at radius 3 is 2.53 bits per heavy atom. The fraction of sp³-hybridized carbons (Fsp3) is 0.409. The number of anilines is 1. The molecule has 3 rings (SSSR count). The first-order valence-electron chi connectivity index (χ1n) is 10.1. The van der Waals surface area contributed by atoms with Crippen LogP contribution in [-0.4, -0.2) is 45.2 Å². The van der Waals surface area contributed by atoms with Gasteiger partial charge in [0, 0.05) is 19.6 Å². The molecular weight excluding hydrogens is 511 g/mol. The lowest BCUT2D eigenvalue weighted by molar-refractivity contribution is 0.460. The molecule has 1 unspecified atom stereocenters. The maximum absolute atomic E-state index is 11.6. The van der Waals surface area contributed by atoms with E-state index >= 15 is 0 Å². The summed E-state index contributed by atoms with van der Waals surface area (Å²) in [5.74, 6) is 1.50. The van der Waals surface area contributed by atoms with Crippen molar-refractivity contribution in [3.8, 4) is 0 Å². The first-order chi connectivity index (χ1) is 13.9. The third kappa shape index (κ3) is 7.46. The summed E-state index contributed by atoms with van der Waals surface area (Å²) in [7, 11) is -3.33. The van der Waals surface area contributed by atoms with Gasteiger partial charge in [-0.05, 0) is 42.9 Å². The van der Waals surface area contributed by atoms with Crippen LogP contribution in [0, 0.1) is 5.92 Å². The van der Waals surface area contributed by atoms with E-state index in [2.05, 4.69) is 52.2 Å². The molecule has 0 amide bonds. The number of sulfonamides is 1. The lowest BCUT2D eigenvalue weighted by atomic mass is 9.99. The zero-order valence-electron chi connectivity index (χ0n) is 17.5. The third-order valence-electron chi connectivity index (χ3n) is 5.00. The van der Waals surface area contributed by atoms with Crippen LogP contribution >= 0.6 is 24.0 Å². The zero-order valence-corrected chi connectivity index (χ0v) is 20.7. The topological polar surface area (TPSA) is 73.8 Å². The van der Waals surface area contributed by atoms with Crippen molar-refractivity contribution in [1.82, 2.24) is 10.2 Å². The fourth-order valence-electron chi connectivity index (χ4n) is 3.68. The standard InChI is InChI=1S/C22H30N4O2S.HI/c1-3-23-22(24-16-20-11-7-8-12-21(20)25-29(2,27)28)26-14-13-19(17-26)15-18-9-5-4-6-10-18;/h4-12,19,25H,3,13-17H2,1-2H3,(H,23,24);1H. The Morgan fingerprint density at radius 2 is 1.83 bits per heavy atom. The summed E-state index contributed by atoms with van der Waals surface area (Å²) in [5, 5.41) is 3.38. The van der Waals surface area contributed by atoms with Gasteiger partial charge < -0.3 is 10.2 Å². The van der Waals surface area contributed by atoms with Crippen LogP contribution < -0.4 is 10.0 Å². The lowest BCUT2D eigenvalue weighted by Crippen LogP contribution is -2.40.